The normalized spacial score (nSPS) is 23.3. The molecule has 1 atom stereocenters. The zero-order chi connectivity index (χ0) is 13.9. The second kappa shape index (κ2) is 5.38. The van der Waals surface area contributed by atoms with Gasteiger partial charge >= 0.3 is 5.97 Å². The van der Waals surface area contributed by atoms with E-state index in [1.807, 2.05) is 0 Å². The summed E-state index contributed by atoms with van der Waals surface area (Å²) in [6.45, 7) is 2.56. The molecule has 1 N–H and O–H groups in total. The van der Waals surface area contributed by atoms with Crippen molar-refractivity contribution in [2.75, 3.05) is 6.54 Å². The summed E-state index contributed by atoms with van der Waals surface area (Å²) in [7, 11) is 0. The van der Waals surface area contributed by atoms with Gasteiger partial charge in [0.1, 0.15) is 18.2 Å². The van der Waals surface area contributed by atoms with E-state index in [4.69, 9.17) is 0 Å². The summed E-state index contributed by atoms with van der Waals surface area (Å²) in [5.74, 6) is -1.07. The van der Waals surface area contributed by atoms with Crippen molar-refractivity contribution in [3.8, 4) is 0 Å². The molecule has 1 aliphatic heterocycles. The van der Waals surface area contributed by atoms with Crippen molar-refractivity contribution in [3.63, 3.8) is 0 Å². The number of aromatic nitrogens is 3. The standard InChI is InChI=1S/C12H18N4O3/c1-12(11(18)19)5-2-3-6-16(12)10(17)4-7-15-9-13-8-14-15/h8-9H,2-7H2,1H3,(H,18,19). The number of aryl methyl sites for hydroxylation is 1. The molecule has 2 rings (SSSR count). The van der Waals surface area contributed by atoms with Gasteiger partial charge in [0.05, 0.1) is 6.54 Å². The molecule has 19 heavy (non-hydrogen) atoms. The Morgan fingerprint density at radius 3 is 2.84 bits per heavy atom. The number of amides is 1. The van der Waals surface area contributed by atoms with Crippen LogP contribution >= 0.6 is 0 Å². The maximum absolute atomic E-state index is 12.2. The lowest BCUT2D eigenvalue weighted by Gasteiger charge is -2.41. The van der Waals surface area contributed by atoms with E-state index in [-0.39, 0.29) is 12.3 Å². The molecule has 7 heteroatoms. The molecule has 1 aromatic heterocycles. The molecular formula is C12H18N4O3. The monoisotopic (exact) mass is 266 g/mol. The minimum Gasteiger partial charge on any atom is -0.480 e. The molecule has 1 amide bonds. The van der Waals surface area contributed by atoms with Crippen LogP contribution in [0.1, 0.15) is 32.6 Å². The van der Waals surface area contributed by atoms with E-state index in [2.05, 4.69) is 10.1 Å². The lowest BCUT2D eigenvalue weighted by atomic mass is 9.88. The van der Waals surface area contributed by atoms with Gasteiger partial charge < -0.3 is 10.0 Å². The van der Waals surface area contributed by atoms with Crippen LogP contribution in [-0.2, 0) is 16.1 Å². The Bertz CT molecular complexity index is 460. The first kappa shape index (κ1) is 13.5. The predicted octanol–water partition coefficient (Wildman–Crippen LogP) is 0.524. The first-order valence-electron chi connectivity index (χ1n) is 6.40. The van der Waals surface area contributed by atoms with Gasteiger partial charge in [0.15, 0.2) is 0 Å². The van der Waals surface area contributed by atoms with Crippen LogP contribution in [0.5, 0.6) is 0 Å². The fourth-order valence-electron chi connectivity index (χ4n) is 2.44. The SMILES string of the molecule is CC1(C(=O)O)CCCCN1C(=O)CCn1cncn1. The third-order valence-electron chi connectivity index (χ3n) is 3.67. The van der Waals surface area contributed by atoms with Gasteiger partial charge in [0.2, 0.25) is 5.91 Å². The highest BCUT2D eigenvalue weighted by Crippen LogP contribution is 2.28. The lowest BCUT2D eigenvalue weighted by molar-refractivity contribution is -0.161. The second-order valence-electron chi connectivity index (χ2n) is 4.99. The van der Waals surface area contributed by atoms with Crippen LogP contribution in [-0.4, -0.2) is 48.7 Å². The highest BCUT2D eigenvalue weighted by Gasteiger charge is 2.43. The number of rotatable bonds is 4. The number of carboxylic acid groups (broad SMARTS) is 1. The Labute approximate surface area is 111 Å². The topological polar surface area (TPSA) is 88.3 Å². The van der Waals surface area contributed by atoms with Crippen molar-refractivity contribution < 1.29 is 14.7 Å². The molecule has 0 radical (unpaired) electrons. The summed E-state index contributed by atoms with van der Waals surface area (Å²) in [4.78, 5) is 28.9. The van der Waals surface area contributed by atoms with Crippen LogP contribution in [0.4, 0.5) is 0 Å². The Kier molecular flexibility index (Phi) is 3.82. The van der Waals surface area contributed by atoms with Gasteiger partial charge in [-0.2, -0.15) is 5.10 Å². The Morgan fingerprint density at radius 1 is 1.42 bits per heavy atom. The molecule has 104 valence electrons. The van der Waals surface area contributed by atoms with E-state index in [9.17, 15) is 14.7 Å². The van der Waals surface area contributed by atoms with Crippen molar-refractivity contribution in [1.82, 2.24) is 19.7 Å². The smallest absolute Gasteiger partial charge is 0.329 e. The highest BCUT2D eigenvalue weighted by atomic mass is 16.4. The summed E-state index contributed by atoms with van der Waals surface area (Å²) in [6.07, 6.45) is 5.41. The van der Waals surface area contributed by atoms with Crippen LogP contribution in [0.3, 0.4) is 0 Å². The lowest BCUT2D eigenvalue weighted by Crippen LogP contribution is -2.57. The van der Waals surface area contributed by atoms with Crippen LogP contribution in [0.25, 0.3) is 0 Å². The minimum absolute atomic E-state index is 0.139. The van der Waals surface area contributed by atoms with Gasteiger partial charge in [-0.1, -0.05) is 0 Å². The van der Waals surface area contributed by atoms with Gasteiger partial charge in [-0.05, 0) is 26.2 Å². The molecule has 7 nitrogen and oxygen atoms in total. The van der Waals surface area contributed by atoms with Crippen molar-refractivity contribution in [3.05, 3.63) is 12.7 Å². The van der Waals surface area contributed by atoms with Crippen LogP contribution in [0, 0.1) is 0 Å². The van der Waals surface area contributed by atoms with Crippen molar-refractivity contribution in [2.24, 2.45) is 0 Å². The third kappa shape index (κ3) is 2.74. The Balaban J connectivity index is 2.01. The summed E-state index contributed by atoms with van der Waals surface area (Å²) >= 11 is 0. The molecule has 0 aromatic carbocycles. The average molecular weight is 266 g/mol. The fraction of sp³-hybridized carbons (Fsp3) is 0.667. The van der Waals surface area contributed by atoms with Crippen molar-refractivity contribution in [2.45, 2.75) is 44.7 Å². The number of carboxylic acids is 1. The molecular weight excluding hydrogens is 248 g/mol. The number of aliphatic carboxylic acids is 1. The number of carbonyl (C=O) groups excluding carboxylic acids is 1. The van der Waals surface area contributed by atoms with Gasteiger partial charge in [-0.15, -0.1) is 0 Å². The first-order chi connectivity index (χ1) is 9.04. The van der Waals surface area contributed by atoms with Gasteiger partial charge in [-0.3, -0.25) is 9.48 Å². The number of hydrogen-bond donors (Lipinski definition) is 1. The van der Waals surface area contributed by atoms with Gasteiger partial charge in [-0.25, -0.2) is 9.78 Å². The summed E-state index contributed by atoms with van der Waals surface area (Å²) < 4.78 is 1.57. The van der Waals surface area contributed by atoms with E-state index in [1.54, 1.807) is 17.9 Å². The zero-order valence-electron chi connectivity index (χ0n) is 10.9. The van der Waals surface area contributed by atoms with Crippen LogP contribution < -0.4 is 0 Å². The third-order valence-corrected chi connectivity index (χ3v) is 3.67. The molecule has 0 saturated carbocycles. The number of likely N-dealkylation sites (tertiary alicyclic amines) is 1. The minimum atomic E-state index is -1.07. The largest absolute Gasteiger partial charge is 0.480 e. The number of hydrogen-bond acceptors (Lipinski definition) is 4. The van der Waals surface area contributed by atoms with Crippen LogP contribution in [0.2, 0.25) is 0 Å². The quantitative estimate of drug-likeness (QED) is 0.858. The second-order valence-corrected chi connectivity index (χ2v) is 4.99. The van der Waals surface area contributed by atoms with Gasteiger partial charge in [0, 0.05) is 13.0 Å². The van der Waals surface area contributed by atoms with E-state index >= 15 is 0 Å². The molecule has 1 aliphatic rings. The highest BCUT2D eigenvalue weighted by molar-refractivity contribution is 5.86. The molecule has 0 spiro atoms. The maximum Gasteiger partial charge on any atom is 0.329 e. The molecule has 0 aliphatic carbocycles. The van der Waals surface area contributed by atoms with Crippen molar-refractivity contribution in [1.29, 1.82) is 0 Å². The predicted molar refractivity (Wildman–Crippen MR) is 66.2 cm³/mol. The van der Waals surface area contributed by atoms with E-state index in [0.717, 1.165) is 12.8 Å². The van der Waals surface area contributed by atoms with E-state index in [0.29, 0.717) is 19.5 Å². The Morgan fingerprint density at radius 2 is 2.21 bits per heavy atom. The first-order valence-corrected chi connectivity index (χ1v) is 6.40. The number of carbonyl (C=O) groups is 2. The zero-order valence-corrected chi connectivity index (χ0v) is 10.9. The molecule has 1 saturated heterocycles. The molecule has 0 bridgehead atoms. The molecule has 1 fully saturated rings. The van der Waals surface area contributed by atoms with Crippen molar-refractivity contribution >= 4 is 11.9 Å². The molecule has 1 aromatic rings. The van der Waals surface area contributed by atoms with E-state index < -0.39 is 11.5 Å². The Hall–Kier alpha value is -1.92. The average Bonchev–Trinajstić information content (AvgIpc) is 2.89. The van der Waals surface area contributed by atoms with E-state index in [1.165, 1.54) is 11.2 Å². The maximum atomic E-state index is 12.2. The number of piperidine rings is 1. The molecule has 2 heterocycles. The van der Waals surface area contributed by atoms with Gasteiger partial charge in [0.25, 0.3) is 0 Å². The summed E-state index contributed by atoms with van der Waals surface area (Å²) in [5.41, 5.74) is -1.07. The fourth-order valence-corrected chi connectivity index (χ4v) is 2.44. The van der Waals surface area contributed by atoms with Crippen LogP contribution in [0.15, 0.2) is 12.7 Å². The summed E-state index contributed by atoms with van der Waals surface area (Å²) in [6, 6.07) is 0. The molecule has 1 unspecified atom stereocenters. The summed E-state index contributed by atoms with van der Waals surface area (Å²) in [5, 5.41) is 13.3. The number of nitrogens with zero attached hydrogens (tertiary/aromatic N) is 4.